The van der Waals surface area contributed by atoms with Crippen molar-refractivity contribution >= 4 is 11.5 Å². The molecule has 0 fully saturated rings. The predicted octanol–water partition coefficient (Wildman–Crippen LogP) is 4.13. The zero-order valence-corrected chi connectivity index (χ0v) is 13.9. The Morgan fingerprint density at radius 2 is 1.87 bits per heavy atom. The molecule has 3 heteroatoms. The number of hydrogen-bond acceptors (Lipinski definition) is 3. The molecule has 0 bridgehead atoms. The number of ketones is 1. The summed E-state index contributed by atoms with van der Waals surface area (Å²) in [5.41, 5.74) is 12.4. The number of carbonyl (C=O) groups excluding carboxylic acids is 1. The average Bonchev–Trinajstić information content (AvgIpc) is 2.96. The van der Waals surface area contributed by atoms with E-state index >= 15 is 0 Å². The van der Waals surface area contributed by atoms with E-state index in [1.165, 1.54) is 0 Å². The Labute approximate surface area is 137 Å². The van der Waals surface area contributed by atoms with Gasteiger partial charge in [0.1, 0.15) is 5.75 Å². The minimum Gasteiger partial charge on any atom is -0.508 e. The molecular weight excluding hydrogens is 286 g/mol. The molecule has 0 saturated carbocycles. The summed E-state index contributed by atoms with van der Waals surface area (Å²) in [6.45, 7) is 5.97. The number of phenolic OH excluding ortho intramolecular Hbond substituents is 1. The van der Waals surface area contributed by atoms with Crippen molar-refractivity contribution in [1.29, 1.82) is 0 Å². The maximum Gasteiger partial charge on any atom is 0.193 e. The van der Waals surface area contributed by atoms with E-state index in [1.54, 1.807) is 12.1 Å². The van der Waals surface area contributed by atoms with E-state index < -0.39 is 0 Å². The molecule has 0 aromatic heterocycles. The van der Waals surface area contributed by atoms with Crippen molar-refractivity contribution in [3.63, 3.8) is 0 Å². The zero-order valence-electron chi connectivity index (χ0n) is 13.9. The molecule has 0 spiro atoms. The normalized spacial score (nSPS) is 13.4. The van der Waals surface area contributed by atoms with Crippen LogP contribution in [0.2, 0.25) is 0 Å². The standard InChI is InChI=1S/C20H23NO2/c1-11(2)16-10-13(7-8-18(16)22)20(23)19-12(3)9-17(21)14-5-4-6-15(14)19/h7-11,22H,4-6,21H2,1-3H3. The lowest BCUT2D eigenvalue weighted by Crippen LogP contribution is -2.10. The molecule has 0 atom stereocenters. The van der Waals surface area contributed by atoms with E-state index in [0.29, 0.717) is 5.56 Å². The Hall–Kier alpha value is -2.29. The number of nitrogen functional groups attached to an aromatic ring is 1. The third kappa shape index (κ3) is 2.61. The van der Waals surface area contributed by atoms with Crippen LogP contribution in [-0.4, -0.2) is 10.9 Å². The lowest BCUT2D eigenvalue weighted by Gasteiger charge is -2.15. The maximum atomic E-state index is 13.1. The van der Waals surface area contributed by atoms with Crippen LogP contribution in [0.3, 0.4) is 0 Å². The van der Waals surface area contributed by atoms with Crippen molar-refractivity contribution in [3.05, 3.63) is 57.6 Å². The number of nitrogens with two attached hydrogens (primary N) is 1. The van der Waals surface area contributed by atoms with Gasteiger partial charge >= 0.3 is 0 Å². The van der Waals surface area contributed by atoms with Crippen LogP contribution in [0.5, 0.6) is 5.75 Å². The number of hydrogen-bond donors (Lipinski definition) is 2. The summed E-state index contributed by atoms with van der Waals surface area (Å²) in [5, 5.41) is 9.98. The molecule has 0 heterocycles. The van der Waals surface area contributed by atoms with Crippen LogP contribution in [-0.2, 0) is 12.8 Å². The van der Waals surface area contributed by atoms with Crippen LogP contribution < -0.4 is 5.73 Å². The summed E-state index contributed by atoms with van der Waals surface area (Å²) in [6.07, 6.45) is 2.92. The summed E-state index contributed by atoms with van der Waals surface area (Å²) >= 11 is 0. The van der Waals surface area contributed by atoms with E-state index in [9.17, 15) is 9.90 Å². The number of phenols is 1. The fourth-order valence-corrected chi connectivity index (χ4v) is 3.59. The van der Waals surface area contributed by atoms with Gasteiger partial charge < -0.3 is 10.8 Å². The van der Waals surface area contributed by atoms with E-state index in [1.807, 2.05) is 32.9 Å². The average molecular weight is 309 g/mol. The number of aromatic hydroxyl groups is 1. The second kappa shape index (κ2) is 5.73. The van der Waals surface area contributed by atoms with Crippen LogP contribution in [0.4, 0.5) is 5.69 Å². The molecule has 120 valence electrons. The number of fused-ring (bicyclic) bond motifs is 1. The Kier molecular flexibility index (Phi) is 3.88. The van der Waals surface area contributed by atoms with Crippen molar-refractivity contribution in [1.82, 2.24) is 0 Å². The van der Waals surface area contributed by atoms with Gasteiger partial charge in [0, 0.05) is 16.8 Å². The van der Waals surface area contributed by atoms with Crippen LogP contribution in [0.25, 0.3) is 0 Å². The Bertz CT molecular complexity index is 791. The fraction of sp³-hybridized carbons (Fsp3) is 0.350. The molecule has 3 rings (SSSR count). The largest absolute Gasteiger partial charge is 0.508 e. The first-order chi connectivity index (χ1) is 10.9. The Morgan fingerprint density at radius 1 is 1.17 bits per heavy atom. The third-order valence-corrected chi connectivity index (χ3v) is 4.77. The van der Waals surface area contributed by atoms with E-state index in [-0.39, 0.29) is 17.5 Å². The molecular formula is C20H23NO2. The highest BCUT2D eigenvalue weighted by molar-refractivity contribution is 6.11. The van der Waals surface area contributed by atoms with Crippen LogP contribution in [0.15, 0.2) is 24.3 Å². The predicted molar refractivity (Wildman–Crippen MR) is 93.2 cm³/mol. The molecule has 1 aliphatic carbocycles. The number of benzene rings is 2. The smallest absolute Gasteiger partial charge is 0.193 e. The monoisotopic (exact) mass is 309 g/mol. The summed E-state index contributed by atoms with van der Waals surface area (Å²) < 4.78 is 0. The minimum atomic E-state index is 0.0301. The molecule has 2 aromatic rings. The van der Waals surface area contributed by atoms with E-state index in [4.69, 9.17) is 5.73 Å². The molecule has 23 heavy (non-hydrogen) atoms. The lowest BCUT2D eigenvalue weighted by molar-refractivity contribution is 0.103. The molecule has 0 saturated heterocycles. The highest BCUT2D eigenvalue weighted by Crippen LogP contribution is 2.34. The molecule has 1 aliphatic rings. The van der Waals surface area contributed by atoms with Gasteiger partial charge in [-0.2, -0.15) is 0 Å². The number of anilines is 1. The van der Waals surface area contributed by atoms with Crippen LogP contribution in [0, 0.1) is 6.92 Å². The minimum absolute atomic E-state index is 0.0301. The van der Waals surface area contributed by atoms with Gasteiger partial charge in [-0.15, -0.1) is 0 Å². The van der Waals surface area contributed by atoms with Gasteiger partial charge in [-0.25, -0.2) is 0 Å². The lowest BCUT2D eigenvalue weighted by atomic mass is 9.89. The Morgan fingerprint density at radius 3 is 2.57 bits per heavy atom. The Balaban J connectivity index is 2.12. The number of carbonyl (C=O) groups is 1. The molecule has 0 unspecified atom stereocenters. The highest BCUT2D eigenvalue weighted by atomic mass is 16.3. The van der Waals surface area contributed by atoms with Crippen LogP contribution in [0.1, 0.15) is 64.4 Å². The maximum absolute atomic E-state index is 13.1. The van der Waals surface area contributed by atoms with Crippen molar-refractivity contribution in [3.8, 4) is 5.75 Å². The van der Waals surface area contributed by atoms with Gasteiger partial charge in [0.15, 0.2) is 5.78 Å². The zero-order chi connectivity index (χ0) is 16.7. The second-order valence-corrected chi connectivity index (χ2v) is 6.73. The summed E-state index contributed by atoms with van der Waals surface area (Å²) in [6, 6.07) is 7.07. The molecule has 2 aromatic carbocycles. The van der Waals surface area contributed by atoms with Crippen LogP contribution >= 0.6 is 0 Å². The van der Waals surface area contributed by atoms with Gasteiger partial charge in [0.25, 0.3) is 0 Å². The van der Waals surface area contributed by atoms with E-state index in [0.717, 1.165) is 52.8 Å². The van der Waals surface area contributed by atoms with Gasteiger partial charge in [-0.1, -0.05) is 13.8 Å². The molecule has 0 amide bonds. The van der Waals surface area contributed by atoms with Crippen molar-refractivity contribution in [2.24, 2.45) is 0 Å². The topological polar surface area (TPSA) is 63.3 Å². The molecule has 3 N–H and O–H groups in total. The third-order valence-electron chi connectivity index (χ3n) is 4.77. The first kappa shape index (κ1) is 15.6. The van der Waals surface area contributed by atoms with Gasteiger partial charge in [0.05, 0.1) is 0 Å². The van der Waals surface area contributed by atoms with Gasteiger partial charge in [-0.3, -0.25) is 4.79 Å². The number of rotatable bonds is 3. The van der Waals surface area contributed by atoms with E-state index in [2.05, 4.69) is 0 Å². The molecule has 3 nitrogen and oxygen atoms in total. The first-order valence-electron chi connectivity index (χ1n) is 8.18. The van der Waals surface area contributed by atoms with Crippen molar-refractivity contribution < 1.29 is 9.90 Å². The van der Waals surface area contributed by atoms with Gasteiger partial charge in [0.2, 0.25) is 0 Å². The summed E-state index contributed by atoms with van der Waals surface area (Å²) in [5.74, 6) is 0.444. The molecule has 0 radical (unpaired) electrons. The highest BCUT2D eigenvalue weighted by Gasteiger charge is 2.24. The summed E-state index contributed by atoms with van der Waals surface area (Å²) in [7, 11) is 0. The van der Waals surface area contributed by atoms with Crippen molar-refractivity contribution in [2.75, 3.05) is 5.73 Å². The van der Waals surface area contributed by atoms with Gasteiger partial charge in [-0.05, 0) is 78.6 Å². The quantitative estimate of drug-likeness (QED) is 0.662. The summed E-state index contributed by atoms with van der Waals surface area (Å²) in [4.78, 5) is 13.1. The number of aryl methyl sites for hydroxylation is 1. The molecule has 0 aliphatic heterocycles. The fourth-order valence-electron chi connectivity index (χ4n) is 3.59. The SMILES string of the molecule is Cc1cc(N)c2c(c1C(=O)c1ccc(O)c(C(C)C)c1)CCC2. The second-order valence-electron chi connectivity index (χ2n) is 6.73. The first-order valence-corrected chi connectivity index (χ1v) is 8.18. The van der Waals surface area contributed by atoms with Crippen molar-refractivity contribution in [2.45, 2.75) is 46.0 Å².